The van der Waals surface area contributed by atoms with Gasteiger partial charge in [0, 0.05) is 11.6 Å². The Bertz CT molecular complexity index is 1030. The maximum Gasteiger partial charge on any atom is 0.335 e. The number of hydrogen-bond donors (Lipinski definition) is 1. The molecule has 0 atom stereocenters. The number of rotatable bonds is 5. The van der Waals surface area contributed by atoms with Crippen LogP contribution in [0.25, 0.3) is 6.08 Å². The first kappa shape index (κ1) is 20.1. The van der Waals surface area contributed by atoms with Crippen molar-refractivity contribution >= 4 is 29.6 Å². The molecule has 1 saturated heterocycles. The van der Waals surface area contributed by atoms with Gasteiger partial charge in [-0.2, -0.15) is 0 Å². The van der Waals surface area contributed by atoms with E-state index in [1.54, 1.807) is 30.3 Å². The second-order valence-corrected chi connectivity index (χ2v) is 6.51. The van der Waals surface area contributed by atoms with Crippen LogP contribution >= 0.6 is 0 Å². The predicted molar refractivity (Wildman–Crippen MR) is 109 cm³/mol. The van der Waals surface area contributed by atoms with E-state index in [9.17, 15) is 14.4 Å². The van der Waals surface area contributed by atoms with Crippen LogP contribution in [0.15, 0.2) is 42.0 Å². The highest BCUT2D eigenvalue weighted by atomic mass is 16.5. The van der Waals surface area contributed by atoms with Crippen molar-refractivity contribution in [3.8, 4) is 11.5 Å². The molecule has 0 bridgehead atoms. The maximum atomic E-state index is 13.1. The molecule has 0 aromatic heterocycles. The molecule has 0 unspecified atom stereocenters. The lowest BCUT2D eigenvalue weighted by molar-refractivity contribution is -0.122. The van der Waals surface area contributed by atoms with Gasteiger partial charge in [0.25, 0.3) is 11.8 Å². The van der Waals surface area contributed by atoms with E-state index < -0.39 is 17.8 Å². The van der Waals surface area contributed by atoms with E-state index in [4.69, 9.17) is 9.47 Å². The van der Waals surface area contributed by atoms with Gasteiger partial charge in [0.15, 0.2) is 0 Å². The molecule has 2 aromatic rings. The van der Waals surface area contributed by atoms with E-state index in [-0.39, 0.29) is 5.57 Å². The van der Waals surface area contributed by atoms with Crippen LogP contribution in [0.1, 0.15) is 23.6 Å². The fourth-order valence-corrected chi connectivity index (χ4v) is 3.05. The summed E-state index contributed by atoms with van der Waals surface area (Å²) in [6.45, 7) is 5.94. The number of ether oxygens (including phenoxy) is 2. The highest BCUT2D eigenvalue weighted by Crippen LogP contribution is 2.30. The van der Waals surface area contributed by atoms with E-state index in [0.29, 0.717) is 29.4 Å². The van der Waals surface area contributed by atoms with Crippen LogP contribution in [-0.2, 0) is 9.59 Å². The Morgan fingerprint density at radius 2 is 1.86 bits per heavy atom. The summed E-state index contributed by atoms with van der Waals surface area (Å²) in [5.74, 6) is -0.386. The fraction of sp³-hybridized carbons (Fsp3) is 0.227. The van der Waals surface area contributed by atoms with Crippen LogP contribution in [0.4, 0.5) is 10.5 Å². The molecule has 7 nitrogen and oxygen atoms in total. The Labute approximate surface area is 168 Å². The minimum absolute atomic E-state index is 0.156. The van der Waals surface area contributed by atoms with Gasteiger partial charge in [-0.05, 0) is 56.2 Å². The minimum Gasteiger partial charge on any atom is -0.497 e. The molecule has 29 heavy (non-hydrogen) atoms. The van der Waals surface area contributed by atoms with Crippen molar-refractivity contribution in [2.45, 2.75) is 20.8 Å². The summed E-state index contributed by atoms with van der Waals surface area (Å²) < 4.78 is 10.8. The van der Waals surface area contributed by atoms with Gasteiger partial charge in [0.2, 0.25) is 0 Å². The number of urea groups is 1. The van der Waals surface area contributed by atoms with Crippen molar-refractivity contribution in [3.63, 3.8) is 0 Å². The maximum absolute atomic E-state index is 13.1. The molecule has 0 saturated carbocycles. The molecular formula is C22H22N2O5. The third-order valence-electron chi connectivity index (χ3n) is 4.74. The highest BCUT2D eigenvalue weighted by Gasteiger charge is 2.37. The molecule has 4 amide bonds. The van der Waals surface area contributed by atoms with E-state index in [1.807, 2.05) is 26.8 Å². The van der Waals surface area contributed by atoms with Crippen LogP contribution in [0, 0.1) is 13.8 Å². The smallest absolute Gasteiger partial charge is 0.335 e. The molecule has 1 N–H and O–H groups in total. The molecule has 1 aliphatic heterocycles. The first-order chi connectivity index (χ1) is 13.9. The summed E-state index contributed by atoms with van der Waals surface area (Å²) >= 11 is 0. The molecule has 1 aliphatic rings. The lowest BCUT2D eigenvalue weighted by Gasteiger charge is -2.28. The number of nitrogens with zero attached hydrogens (tertiary/aromatic N) is 1. The van der Waals surface area contributed by atoms with Gasteiger partial charge in [0.1, 0.15) is 17.1 Å². The van der Waals surface area contributed by atoms with E-state index in [2.05, 4.69) is 5.32 Å². The van der Waals surface area contributed by atoms with Gasteiger partial charge in [0.05, 0.1) is 19.4 Å². The largest absolute Gasteiger partial charge is 0.497 e. The number of carbonyl (C=O) groups is 3. The Kier molecular flexibility index (Phi) is 5.68. The monoisotopic (exact) mass is 394 g/mol. The summed E-state index contributed by atoms with van der Waals surface area (Å²) in [6, 6.07) is 9.61. The standard InChI is InChI=1S/C22H22N2O5/c1-5-29-19-12-16(28-4)10-9-15(19)11-17-20(25)23-22(27)24(21(17)26)18-8-6-7-13(2)14(18)3/h6-12H,5H2,1-4H3,(H,23,25,27)/b17-11+. The first-order valence-corrected chi connectivity index (χ1v) is 9.15. The van der Waals surface area contributed by atoms with Crippen LogP contribution in [0.2, 0.25) is 0 Å². The number of imide groups is 2. The van der Waals surface area contributed by atoms with Crippen LogP contribution in [-0.4, -0.2) is 31.6 Å². The van der Waals surface area contributed by atoms with Crippen LogP contribution in [0.3, 0.4) is 0 Å². The lowest BCUT2D eigenvalue weighted by Crippen LogP contribution is -2.54. The van der Waals surface area contributed by atoms with Crippen LogP contribution < -0.4 is 19.7 Å². The number of aryl methyl sites for hydroxylation is 1. The van der Waals surface area contributed by atoms with E-state index in [1.165, 1.54) is 13.2 Å². The summed E-state index contributed by atoms with van der Waals surface area (Å²) in [6.07, 6.45) is 1.42. The number of nitrogens with one attached hydrogen (secondary N) is 1. The number of carbonyl (C=O) groups excluding carboxylic acids is 3. The Balaban J connectivity index is 2.08. The molecule has 2 aromatic carbocycles. The van der Waals surface area contributed by atoms with E-state index >= 15 is 0 Å². The third-order valence-corrected chi connectivity index (χ3v) is 4.74. The molecule has 0 spiro atoms. The molecule has 3 rings (SSSR count). The average Bonchev–Trinajstić information content (AvgIpc) is 2.69. The van der Waals surface area contributed by atoms with Crippen molar-refractivity contribution in [1.82, 2.24) is 5.32 Å². The zero-order valence-corrected chi connectivity index (χ0v) is 16.7. The summed E-state index contributed by atoms with van der Waals surface area (Å²) in [4.78, 5) is 39.0. The van der Waals surface area contributed by atoms with Crippen molar-refractivity contribution in [1.29, 1.82) is 0 Å². The third kappa shape index (κ3) is 3.85. The summed E-state index contributed by atoms with van der Waals surface area (Å²) in [5.41, 5.74) is 2.52. The zero-order valence-electron chi connectivity index (χ0n) is 16.7. The first-order valence-electron chi connectivity index (χ1n) is 9.15. The van der Waals surface area contributed by atoms with Crippen molar-refractivity contribution in [2.75, 3.05) is 18.6 Å². The van der Waals surface area contributed by atoms with Gasteiger partial charge >= 0.3 is 6.03 Å². The highest BCUT2D eigenvalue weighted by molar-refractivity contribution is 6.39. The number of benzene rings is 2. The SMILES string of the molecule is CCOc1cc(OC)ccc1/C=C1\C(=O)NC(=O)N(c2cccc(C)c2C)C1=O. The van der Waals surface area contributed by atoms with Gasteiger partial charge < -0.3 is 9.47 Å². The minimum atomic E-state index is -0.773. The molecule has 150 valence electrons. The number of amides is 4. The summed E-state index contributed by atoms with van der Waals surface area (Å²) in [5, 5.41) is 2.24. The molecule has 1 heterocycles. The zero-order chi connectivity index (χ0) is 21.1. The molecular weight excluding hydrogens is 372 g/mol. The Hall–Kier alpha value is -3.61. The van der Waals surface area contributed by atoms with Crippen molar-refractivity contribution in [2.24, 2.45) is 0 Å². The predicted octanol–water partition coefficient (Wildman–Crippen LogP) is 3.38. The fourth-order valence-electron chi connectivity index (χ4n) is 3.05. The molecule has 0 radical (unpaired) electrons. The Morgan fingerprint density at radius 1 is 1.10 bits per heavy atom. The number of methoxy groups -OCH3 is 1. The number of hydrogen-bond acceptors (Lipinski definition) is 5. The molecule has 1 fully saturated rings. The average molecular weight is 394 g/mol. The topological polar surface area (TPSA) is 84.9 Å². The summed E-state index contributed by atoms with van der Waals surface area (Å²) in [7, 11) is 1.54. The van der Waals surface area contributed by atoms with Gasteiger partial charge in [-0.3, -0.25) is 14.9 Å². The second-order valence-electron chi connectivity index (χ2n) is 6.51. The molecule has 7 heteroatoms. The van der Waals surface area contributed by atoms with Gasteiger partial charge in [-0.1, -0.05) is 12.1 Å². The number of anilines is 1. The lowest BCUT2D eigenvalue weighted by atomic mass is 10.0. The van der Waals surface area contributed by atoms with Gasteiger partial charge in [-0.25, -0.2) is 9.69 Å². The molecule has 0 aliphatic carbocycles. The van der Waals surface area contributed by atoms with Crippen molar-refractivity contribution < 1.29 is 23.9 Å². The van der Waals surface area contributed by atoms with Crippen LogP contribution in [0.5, 0.6) is 11.5 Å². The quantitative estimate of drug-likeness (QED) is 0.621. The van der Waals surface area contributed by atoms with Crippen molar-refractivity contribution in [3.05, 3.63) is 58.7 Å². The van der Waals surface area contributed by atoms with E-state index in [0.717, 1.165) is 16.0 Å². The Morgan fingerprint density at radius 3 is 2.55 bits per heavy atom. The van der Waals surface area contributed by atoms with Gasteiger partial charge in [-0.15, -0.1) is 0 Å². The normalized spacial score (nSPS) is 15.5. The number of barbiturate groups is 1. The second kappa shape index (κ2) is 8.18.